The topological polar surface area (TPSA) is 198 Å². The Morgan fingerprint density at radius 2 is 2.03 bits per heavy atom. The maximum Gasteiger partial charge on any atom is 0.353 e. The molecule has 12 nitrogen and oxygen atoms in total. The van der Waals surface area contributed by atoms with Crippen molar-refractivity contribution in [2.24, 2.45) is 10.9 Å². The Balaban J connectivity index is 1.60. The van der Waals surface area contributed by atoms with E-state index < -0.39 is 40.3 Å². The number of hydrogen-bond acceptors (Lipinski definition) is 13. The summed E-state index contributed by atoms with van der Waals surface area (Å²) in [6.07, 6.45) is 0. The van der Waals surface area contributed by atoms with E-state index in [0.29, 0.717) is 15.4 Å². The number of esters is 1. The Morgan fingerprint density at radius 1 is 1.33 bits per heavy atom. The number of carboxylic acids is 1. The SMILES string of the molecule is CCOC(=O)c1ccc(SC2=C(C(=O)O)N3C(=O)C(N)(C(=O)C(=NO)c4csc(N)n4)[C@@H]3SC2)cc1. The first-order valence-corrected chi connectivity index (χ1v) is 13.0. The summed E-state index contributed by atoms with van der Waals surface area (Å²) in [7, 11) is 0. The summed E-state index contributed by atoms with van der Waals surface area (Å²) in [6, 6.07) is 6.38. The van der Waals surface area contributed by atoms with E-state index in [0.717, 1.165) is 39.8 Å². The lowest BCUT2D eigenvalue weighted by Crippen LogP contribution is -2.82. The van der Waals surface area contributed by atoms with Crippen molar-refractivity contribution < 1.29 is 34.2 Å². The molecule has 1 fully saturated rings. The highest BCUT2D eigenvalue weighted by molar-refractivity contribution is 8.06. The molecule has 188 valence electrons. The number of thiazole rings is 1. The first kappa shape index (κ1) is 25.7. The number of nitrogens with zero attached hydrogens (tertiary/aromatic N) is 3. The van der Waals surface area contributed by atoms with Gasteiger partial charge < -0.3 is 26.5 Å². The lowest BCUT2D eigenvalue weighted by molar-refractivity contribution is -0.157. The van der Waals surface area contributed by atoms with E-state index in [2.05, 4.69) is 10.1 Å². The number of amides is 1. The molecule has 15 heteroatoms. The summed E-state index contributed by atoms with van der Waals surface area (Å²) >= 11 is 3.23. The molecule has 6 N–H and O–H groups in total. The zero-order chi connectivity index (χ0) is 26.2. The monoisotopic (exact) mass is 549 g/mol. The summed E-state index contributed by atoms with van der Waals surface area (Å²) in [5.41, 5.74) is 9.12. The zero-order valence-electron chi connectivity index (χ0n) is 18.5. The summed E-state index contributed by atoms with van der Waals surface area (Å²) in [5, 5.41) is 22.8. The molecular formula is C21H19N5O7S3. The first-order valence-electron chi connectivity index (χ1n) is 10.3. The highest BCUT2D eigenvalue weighted by Gasteiger charge is 2.67. The van der Waals surface area contributed by atoms with Crippen molar-refractivity contribution >= 4 is 69.3 Å². The zero-order valence-corrected chi connectivity index (χ0v) is 21.0. The average Bonchev–Trinajstić information content (AvgIpc) is 3.29. The Hall–Kier alpha value is -3.40. The highest BCUT2D eigenvalue weighted by atomic mass is 32.2. The van der Waals surface area contributed by atoms with Crippen molar-refractivity contribution in [2.75, 3.05) is 18.1 Å². The molecule has 1 unspecified atom stereocenters. The minimum Gasteiger partial charge on any atom is -0.477 e. The van der Waals surface area contributed by atoms with Gasteiger partial charge in [-0.1, -0.05) is 16.9 Å². The van der Waals surface area contributed by atoms with E-state index in [9.17, 15) is 29.5 Å². The minimum absolute atomic E-state index is 0.0432. The third-order valence-electron chi connectivity index (χ3n) is 5.34. The van der Waals surface area contributed by atoms with Crippen molar-refractivity contribution in [3.63, 3.8) is 0 Å². The van der Waals surface area contributed by atoms with Gasteiger partial charge in [0.2, 0.25) is 5.78 Å². The van der Waals surface area contributed by atoms with E-state index in [-0.39, 0.29) is 28.9 Å². The van der Waals surface area contributed by atoms with Crippen LogP contribution in [0.3, 0.4) is 0 Å². The van der Waals surface area contributed by atoms with Gasteiger partial charge in [0.1, 0.15) is 16.8 Å². The number of anilines is 1. The number of ketones is 1. The second-order valence-electron chi connectivity index (χ2n) is 7.48. The molecule has 0 aliphatic carbocycles. The van der Waals surface area contributed by atoms with Gasteiger partial charge in [0.25, 0.3) is 5.91 Å². The third-order valence-corrected chi connectivity index (χ3v) is 8.64. The molecule has 3 heterocycles. The second kappa shape index (κ2) is 9.93. The van der Waals surface area contributed by atoms with E-state index in [1.807, 2.05) is 0 Å². The molecule has 2 atom stereocenters. The van der Waals surface area contributed by atoms with Crippen LogP contribution < -0.4 is 11.5 Å². The number of carbonyl (C=O) groups is 4. The van der Waals surface area contributed by atoms with Gasteiger partial charge in [-0.3, -0.25) is 14.5 Å². The fourth-order valence-electron chi connectivity index (χ4n) is 3.66. The van der Waals surface area contributed by atoms with Crippen LogP contribution in [0.1, 0.15) is 23.0 Å². The second-order valence-corrected chi connectivity index (χ2v) is 10.6. The van der Waals surface area contributed by atoms with Gasteiger partial charge in [0, 0.05) is 20.9 Å². The number of aliphatic carboxylic acids is 1. The molecule has 1 amide bonds. The quantitative estimate of drug-likeness (QED) is 0.0922. The van der Waals surface area contributed by atoms with Crippen LogP contribution in [0.25, 0.3) is 0 Å². The maximum atomic E-state index is 13.2. The number of thioether (sulfide) groups is 2. The van der Waals surface area contributed by atoms with Crippen LogP contribution in [-0.2, 0) is 19.1 Å². The van der Waals surface area contributed by atoms with Gasteiger partial charge in [0.05, 0.1) is 12.2 Å². The van der Waals surface area contributed by atoms with E-state index >= 15 is 0 Å². The summed E-state index contributed by atoms with van der Waals surface area (Å²) < 4.78 is 4.95. The van der Waals surface area contributed by atoms with Gasteiger partial charge in [-0.25, -0.2) is 14.6 Å². The highest BCUT2D eigenvalue weighted by Crippen LogP contribution is 2.49. The van der Waals surface area contributed by atoms with Crippen molar-refractivity contribution in [3.05, 3.63) is 51.5 Å². The fourth-order valence-corrected chi connectivity index (χ4v) is 6.75. The molecule has 2 aliphatic heterocycles. The number of Topliss-reactive ketones (excluding diaryl/α,β-unsaturated/α-hetero) is 1. The molecule has 0 bridgehead atoms. The van der Waals surface area contributed by atoms with Gasteiger partial charge in [-0.15, -0.1) is 23.1 Å². The third kappa shape index (κ3) is 4.23. The lowest BCUT2D eigenvalue weighted by atomic mass is 9.81. The normalized spacial score (nSPS) is 21.6. The van der Waals surface area contributed by atoms with Crippen molar-refractivity contribution in [1.82, 2.24) is 9.88 Å². The number of fused-ring (bicyclic) bond motifs is 1. The van der Waals surface area contributed by atoms with Gasteiger partial charge in [0.15, 0.2) is 16.4 Å². The smallest absolute Gasteiger partial charge is 0.353 e. The molecule has 36 heavy (non-hydrogen) atoms. The number of carboxylic acid groups (broad SMARTS) is 1. The van der Waals surface area contributed by atoms with Crippen molar-refractivity contribution in [3.8, 4) is 0 Å². The van der Waals surface area contributed by atoms with Crippen molar-refractivity contribution in [1.29, 1.82) is 0 Å². The Morgan fingerprint density at radius 3 is 2.58 bits per heavy atom. The molecule has 0 radical (unpaired) electrons. The number of hydrogen-bond donors (Lipinski definition) is 4. The average molecular weight is 550 g/mol. The number of β-lactam (4-membered cyclic amide) rings is 1. The number of aromatic nitrogens is 1. The number of ether oxygens (including phenoxy) is 1. The molecule has 0 spiro atoms. The number of oxime groups is 1. The van der Waals surface area contributed by atoms with E-state index in [4.69, 9.17) is 16.2 Å². The van der Waals surface area contributed by atoms with Crippen molar-refractivity contribution in [2.45, 2.75) is 22.7 Å². The van der Waals surface area contributed by atoms with Gasteiger partial charge in [-0.2, -0.15) is 0 Å². The minimum atomic E-state index is -2.15. The largest absolute Gasteiger partial charge is 0.477 e. The molecule has 1 aromatic heterocycles. The lowest BCUT2D eigenvalue weighted by Gasteiger charge is -2.54. The molecule has 1 aromatic carbocycles. The van der Waals surface area contributed by atoms with Crippen LogP contribution in [-0.4, -0.2) is 72.8 Å². The molecular weight excluding hydrogens is 530 g/mol. The van der Waals surface area contributed by atoms with E-state index in [1.54, 1.807) is 31.2 Å². The first-order chi connectivity index (χ1) is 17.1. The standard InChI is InChI=1S/C21H19N5O7S3/c1-2-33-17(30)9-3-5-10(6-4-9)36-12-8-34-19-21(23,18(31)26(19)14(12)16(28)29)15(27)13(25-32)11-7-35-20(22)24-11/h3-7,19,32H,2,8,23H2,1H3,(H2,22,24)(H,28,29)/t19-,21?/m0/s1. The van der Waals surface area contributed by atoms with Crippen LogP contribution in [0, 0.1) is 0 Å². The predicted molar refractivity (Wildman–Crippen MR) is 133 cm³/mol. The van der Waals surface area contributed by atoms with Gasteiger partial charge in [-0.05, 0) is 31.2 Å². The van der Waals surface area contributed by atoms with Crippen LogP contribution in [0.5, 0.6) is 0 Å². The van der Waals surface area contributed by atoms with Crippen LogP contribution in [0.4, 0.5) is 5.13 Å². The van der Waals surface area contributed by atoms with Crippen LogP contribution in [0.15, 0.2) is 50.3 Å². The Bertz CT molecular complexity index is 1320. The van der Waals surface area contributed by atoms with Crippen LogP contribution >= 0.6 is 34.9 Å². The number of rotatable bonds is 8. The fraction of sp³-hybridized carbons (Fsp3) is 0.238. The summed E-state index contributed by atoms with van der Waals surface area (Å²) in [6.45, 7) is 1.93. The molecule has 0 saturated carbocycles. The number of nitrogens with two attached hydrogens (primary N) is 2. The van der Waals surface area contributed by atoms with Gasteiger partial charge >= 0.3 is 11.9 Å². The molecule has 1 saturated heterocycles. The molecule has 2 aliphatic rings. The van der Waals surface area contributed by atoms with Crippen LogP contribution in [0.2, 0.25) is 0 Å². The summed E-state index contributed by atoms with van der Waals surface area (Å²) in [5.74, 6) is -3.64. The Labute approximate surface area is 216 Å². The predicted octanol–water partition coefficient (Wildman–Crippen LogP) is 1.35. The summed E-state index contributed by atoms with van der Waals surface area (Å²) in [4.78, 5) is 56.2. The number of nitrogen functional groups attached to an aromatic ring is 1. The number of benzene rings is 1. The number of carbonyl (C=O) groups excluding carboxylic acids is 3. The van der Waals surface area contributed by atoms with E-state index in [1.165, 1.54) is 5.38 Å². The Kier molecular flexibility index (Phi) is 7.08. The molecule has 2 aromatic rings. The molecule has 4 rings (SSSR count). The maximum absolute atomic E-state index is 13.2.